The Labute approximate surface area is 146 Å². The van der Waals surface area contributed by atoms with Crippen molar-refractivity contribution in [3.63, 3.8) is 0 Å². The standard InChI is InChI=1S/C18H19N5S/c1-18(2,3)15-6-4-14(5-7-15)16-21-22-17(24)23(16)20-12-13-8-10-19-11-9-13/h4-12H,1-3H3,(H,22,24). The molecule has 0 aliphatic carbocycles. The summed E-state index contributed by atoms with van der Waals surface area (Å²) >= 11 is 5.29. The van der Waals surface area contributed by atoms with E-state index >= 15 is 0 Å². The van der Waals surface area contributed by atoms with Crippen LogP contribution in [0.2, 0.25) is 0 Å². The molecule has 0 atom stereocenters. The van der Waals surface area contributed by atoms with E-state index in [-0.39, 0.29) is 5.41 Å². The van der Waals surface area contributed by atoms with Crippen LogP contribution in [0.1, 0.15) is 31.9 Å². The molecule has 24 heavy (non-hydrogen) atoms. The molecule has 0 fully saturated rings. The smallest absolute Gasteiger partial charge is 0.216 e. The van der Waals surface area contributed by atoms with E-state index in [2.05, 4.69) is 53.2 Å². The van der Waals surface area contributed by atoms with Gasteiger partial charge in [-0.2, -0.15) is 14.9 Å². The predicted molar refractivity (Wildman–Crippen MR) is 98.8 cm³/mol. The first kappa shape index (κ1) is 16.3. The zero-order valence-corrected chi connectivity index (χ0v) is 14.7. The molecule has 3 rings (SSSR count). The fourth-order valence-electron chi connectivity index (χ4n) is 2.28. The molecular formula is C18H19N5S. The quantitative estimate of drug-likeness (QED) is 0.576. The minimum absolute atomic E-state index is 0.114. The van der Waals surface area contributed by atoms with E-state index in [1.807, 2.05) is 24.3 Å². The number of nitrogens with one attached hydrogen (secondary N) is 1. The van der Waals surface area contributed by atoms with Crippen molar-refractivity contribution in [2.24, 2.45) is 5.10 Å². The van der Waals surface area contributed by atoms with Crippen LogP contribution in [0.25, 0.3) is 11.4 Å². The highest BCUT2D eigenvalue weighted by Gasteiger charge is 2.14. The maximum atomic E-state index is 5.29. The highest BCUT2D eigenvalue weighted by molar-refractivity contribution is 7.71. The van der Waals surface area contributed by atoms with Crippen LogP contribution in [-0.4, -0.2) is 26.1 Å². The molecule has 0 bridgehead atoms. The lowest BCUT2D eigenvalue weighted by Gasteiger charge is -2.18. The summed E-state index contributed by atoms with van der Waals surface area (Å²) in [5.74, 6) is 0.686. The Morgan fingerprint density at radius 1 is 1.08 bits per heavy atom. The van der Waals surface area contributed by atoms with Crippen molar-refractivity contribution in [2.45, 2.75) is 26.2 Å². The van der Waals surface area contributed by atoms with Gasteiger partial charge in [0.2, 0.25) is 4.77 Å². The number of hydrogen-bond donors (Lipinski definition) is 1. The fraction of sp³-hybridized carbons (Fsp3) is 0.222. The molecule has 0 amide bonds. The van der Waals surface area contributed by atoms with Gasteiger partial charge in [0.1, 0.15) is 0 Å². The molecule has 0 spiro atoms. The summed E-state index contributed by atoms with van der Waals surface area (Å²) in [5, 5.41) is 11.6. The van der Waals surface area contributed by atoms with Gasteiger partial charge in [0.05, 0.1) is 6.21 Å². The van der Waals surface area contributed by atoms with E-state index in [1.54, 1.807) is 23.3 Å². The van der Waals surface area contributed by atoms with Crippen LogP contribution in [0.3, 0.4) is 0 Å². The number of aromatic amines is 1. The molecule has 1 N–H and O–H groups in total. The number of aromatic nitrogens is 4. The molecule has 0 unspecified atom stereocenters. The van der Waals surface area contributed by atoms with E-state index < -0.39 is 0 Å². The van der Waals surface area contributed by atoms with Crippen molar-refractivity contribution >= 4 is 18.4 Å². The first-order chi connectivity index (χ1) is 11.4. The monoisotopic (exact) mass is 337 g/mol. The van der Waals surface area contributed by atoms with Crippen LogP contribution in [0.5, 0.6) is 0 Å². The SMILES string of the molecule is CC(C)(C)c1ccc(-c2n[nH]c(=S)n2N=Cc2ccncc2)cc1. The van der Waals surface area contributed by atoms with Gasteiger partial charge < -0.3 is 0 Å². The Morgan fingerprint density at radius 2 is 1.75 bits per heavy atom. The highest BCUT2D eigenvalue weighted by Crippen LogP contribution is 2.25. The molecular weight excluding hydrogens is 318 g/mol. The van der Waals surface area contributed by atoms with Crippen molar-refractivity contribution in [1.29, 1.82) is 0 Å². The lowest BCUT2D eigenvalue weighted by Crippen LogP contribution is -2.10. The zero-order valence-electron chi connectivity index (χ0n) is 13.9. The summed E-state index contributed by atoms with van der Waals surface area (Å²) in [6, 6.07) is 12.1. The second-order valence-corrected chi connectivity index (χ2v) is 6.90. The third-order valence-corrected chi connectivity index (χ3v) is 3.95. The molecule has 5 nitrogen and oxygen atoms in total. The van der Waals surface area contributed by atoms with Crippen LogP contribution >= 0.6 is 12.2 Å². The van der Waals surface area contributed by atoms with Gasteiger partial charge in [-0.15, -0.1) is 0 Å². The average Bonchev–Trinajstić information content (AvgIpc) is 2.94. The summed E-state index contributed by atoms with van der Waals surface area (Å²) in [6.45, 7) is 6.57. The van der Waals surface area contributed by atoms with Crippen molar-refractivity contribution in [1.82, 2.24) is 19.9 Å². The van der Waals surface area contributed by atoms with Gasteiger partial charge in [0.15, 0.2) is 5.82 Å². The van der Waals surface area contributed by atoms with E-state index in [0.717, 1.165) is 11.1 Å². The third kappa shape index (κ3) is 3.49. The van der Waals surface area contributed by atoms with Crippen molar-refractivity contribution in [3.8, 4) is 11.4 Å². The lowest BCUT2D eigenvalue weighted by molar-refractivity contribution is 0.590. The van der Waals surface area contributed by atoms with Gasteiger partial charge in [-0.05, 0) is 40.9 Å². The first-order valence-electron chi connectivity index (χ1n) is 7.68. The zero-order chi connectivity index (χ0) is 17.2. The van der Waals surface area contributed by atoms with Crippen molar-refractivity contribution in [3.05, 3.63) is 64.7 Å². The second-order valence-electron chi connectivity index (χ2n) is 6.52. The molecule has 0 aliphatic rings. The van der Waals surface area contributed by atoms with E-state index in [4.69, 9.17) is 12.2 Å². The number of hydrogen-bond acceptors (Lipinski definition) is 4. The molecule has 0 saturated heterocycles. The Kier molecular flexibility index (Phi) is 4.40. The summed E-state index contributed by atoms with van der Waals surface area (Å²) in [4.78, 5) is 3.99. The van der Waals surface area contributed by atoms with Gasteiger partial charge in [-0.25, -0.2) is 5.10 Å². The predicted octanol–water partition coefficient (Wildman–Crippen LogP) is 4.18. The van der Waals surface area contributed by atoms with E-state index in [9.17, 15) is 0 Å². The third-order valence-electron chi connectivity index (χ3n) is 3.69. The summed E-state index contributed by atoms with van der Waals surface area (Å²) in [6.07, 6.45) is 5.18. The normalized spacial score (nSPS) is 12.0. The molecule has 0 aliphatic heterocycles. The lowest BCUT2D eigenvalue weighted by atomic mass is 9.87. The Hall–Kier alpha value is -2.60. The molecule has 2 heterocycles. The maximum Gasteiger partial charge on any atom is 0.216 e. The topological polar surface area (TPSA) is 58.9 Å². The average molecular weight is 337 g/mol. The van der Waals surface area contributed by atoms with Gasteiger partial charge >= 0.3 is 0 Å². The minimum atomic E-state index is 0.114. The Bertz CT molecular complexity index is 899. The number of nitrogens with zero attached hydrogens (tertiary/aromatic N) is 4. The molecule has 0 saturated carbocycles. The van der Waals surface area contributed by atoms with Crippen LogP contribution < -0.4 is 0 Å². The number of pyridine rings is 1. The van der Waals surface area contributed by atoms with Gasteiger partial charge in [0.25, 0.3) is 0 Å². The second kappa shape index (κ2) is 6.49. The summed E-state index contributed by atoms with van der Waals surface area (Å²) in [7, 11) is 0. The molecule has 1 aromatic carbocycles. The van der Waals surface area contributed by atoms with E-state index in [1.165, 1.54) is 5.56 Å². The first-order valence-corrected chi connectivity index (χ1v) is 8.09. The Balaban J connectivity index is 1.96. The van der Waals surface area contributed by atoms with Crippen LogP contribution in [0.15, 0.2) is 53.9 Å². The van der Waals surface area contributed by atoms with Crippen LogP contribution in [-0.2, 0) is 5.41 Å². The summed E-state index contributed by atoms with van der Waals surface area (Å²) < 4.78 is 2.08. The van der Waals surface area contributed by atoms with Crippen molar-refractivity contribution < 1.29 is 0 Å². The molecule has 122 valence electrons. The molecule has 3 aromatic rings. The van der Waals surface area contributed by atoms with E-state index in [0.29, 0.717) is 10.6 Å². The summed E-state index contributed by atoms with van der Waals surface area (Å²) in [5.41, 5.74) is 3.29. The molecule has 6 heteroatoms. The molecule has 2 aromatic heterocycles. The maximum absolute atomic E-state index is 5.29. The number of benzene rings is 1. The number of H-pyrrole nitrogens is 1. The fourth-order valence-corrected chi connectivity index (χ4v) is 2.46. The van der Waals surface area contributed by atoms with Crippen LogP contribution in [0, 0.1) is 4.77 Å². The van der Waals surface area contributed by atoms with Crippen LogP contribution in [0.4, 0.5) is 0 Å². The molecule has 0 radical (unpaired) electrons. The minimum Gasteiger partial charge on any atom is -0.265 e. The van der Waals surface area contributed by atoms with Gasteiger partial charge in [0, 0.05) is 18.0 Å². The number of rotatable bonds is 3. The van der Waals surface area contributed by atoms with Gasteiger partial charge in [-0.1, -0.05) is 45.0 Å². The van der Waals surface area contributed by atoms with Crippen molar-refractivity contribution in [2.75, 3.05) is 0 Å². The Morgan fingerprint density at radius 3 is 2.38 bits per heavy atom. The largest absolute Gasteiger partial charge is 0.265 e. The highest BCUT2D eigenvalue weighted by atomic mass is 32.1. The van der Waals surface area contributed by atoms with Gasteiger partial charge in [-0.3, -0.25) is 4.98 Å².